The van der Waals surface area contributed by atoms with Crippen molar-refractivity contribution in [2.75, 3.05) is 18.0 Å². The van der Waals surface area contributed by atoms with E-state index in [1.807, 2.05) is 6.07 Å². The van der Waals surface area contributed by atoms with Crippen LogP contribution >= 0.6 is 0 Å². The quantitative estimate of drug-likeness (QED) is 0.714. The van der Waals surface area contributed by atoms with Gasteiger partial charge in [-0.3, -0.25) is 29.4 Å². The average Bonchev–Trinajstić information content (AvgIpc) is 3.06. The first-order valence-corrected chi connectivity index (χ1v) is 8.73. The number of anilines is 1. The van der Waals surface area contributed by atoms with Crippen molar-refractivity contribution in [3.63, 3.8) is 0 Å². The minimum atomic E-state index is -0.941. The van der Waals surface area contributed by atoms with E-state index in [0.717, 1.165) is 17.1 Å². The van der Waals surface area contributed by atoms with Gasteiger partial charge in [-0.15, -0.1) is 0 Å². The maximum absolute atomic E-state index is 12.8. The molecule has 4 rings (SSSR count). The van der Waals surface area contributed by atoms with Gasteiger partial charge in [-0.25, -0.2) is 0 Å². The van der Waals surface area contributed by atoms with Crippen LogP contribution in [0.5, 0.6) is 0 Å². The summed E-state index contributed by atoms with van der Waals surface area (Å²) < 4.78 is 0. The van der Waals surface area contributed by atoms with Crippen molar-refractivity contribution in [1.29, 1.82) is 0 Å². The molecule has 0 saturated carbocycles. The van der Waals surface area contributed by atoms with E-state index < -0.39 is 23.8 Å². The van der Waals surface area contributed by atoms with Crippen LogP contribution in [0, 0.1) is 5.92 Å². The molecule has 1 aromatic carbocycles. The molecule has 8 heteroatoms. The number of nitrogens with one attached hydrogen (secondary N) is 1. The van der Waals surface area contributed by atoms with E-state index in [4.69, 9.17) is 5.73 Å². The Bertz CT molecular complexity index is 826. The number of benzene rings is 1. The van der Waals surface area contributed by atoms with Crippen molar-refractivity contribution in [2.45, 2.75) is 31.8 Å². The number of hydrogen-bond donors (Lipinski definition) is 2. The minimum Gasteiger partial charge on any atom is -0.370 e. The third-order valence-electron chi connectivity index (χ3n) is 5.46. The Morgan fingerprint density at radius 3 is 2.46 bits per heavy atom. The molecule has 0 radical (unpaired) electrons. The van der Waals surface area contributed by atoms with Gasteiger partial charge in [-0.05, 0) is 30.5 Å². The third-order valence-corrected chi connectivity index (χ3v) is 5.46. The number of carbonyl (C=O) groups excluding carboxylic acids is 4. The molecule has 1 aromatic rings. The largest absolute Gasteiger partial charge is 0.370 e. The SMILES string of the molecule is CC1CN(c2ccc3c(c2)C(=O)N(C2CCC(=O)NC2=O)C3=O)CC1N. The van der Waals surface area contributed by atoms with Gasteiger partial charge in [0.2, 0.25) is 11.8 Å². The van der Waals surface area contributed by atoms with Gasteiger partial charge in [0.25, 0.3) is 11.8 Å². The smallest absolute Gasteiger partial charge is 0.262 e. The topological polar surface area (TPSA) is 113 Å². The van der Waals surface area contributed by atoms with Gasteiger partial charge in [-0.1, -0.05) is 6.92 Å². The maximum Gasteiger partial charge on any atom is 0.262 e. The first-order chi connectivity index (χ1) is 12.4. The summed E-state index contributed by atoms with van der Waals surface area (Å²) in [5.41, 5.74) is 7.50. The monoisotopic (exact) mass is 356 g/mol. The van der Waals surface area contributed by atoms with Crippen LogP contribution in [0.15, 0.2) is 18.2 Å². The van der Waals surface area contributed by atoms with Crippen molar-refractivity contribution in [3.05, 3.63) is 29.3 Å². The Balaban J connectivity index is 1.62. The van der Waals surface area contributed by atoms with E-state index in [2.05, 4.69) is 17.1 Å². The molecule has 0 bridgehead atoms. The molecule has 3 aliphatic rings. The molecule has 0 aliphatic carbocycles. The molecule has 3 unspecified atom stereocenters. The third kappa shape index (κ3) is 2.48. The predicted molar refractivity (Wildman–Crippen MR) is 92.5 cm³/mol. The van der Waals surface area contributed by atoms with E-state index in [-0.39, 0.29) is 24.8 Å². The van der Waals surface area contributed by atoms with Crippen LogP contribution in [-0.2, 0) is 9.59 Å². The fourth-order valence-electron chi connectivity index (χ4n) is 3.86. The molecule has 3 aliphatic heterocycles. The van der Waals surface area contributed by atoms with E-state index >= 15 is 0 Å². The van der Waals surface area contributed by atoms with Gasteiger partial charge in [0.05, 0.1) is 11.1 Å². The van der Waals surface area contributed by atoms with E-state index in [1.165, 1.54) is 0 Å². The summed E-state index contributed by atoms with van der Waals surface area (Å²) in [6.45, 7) is 3.56. The number of nitrogens with two attached hydrogens (primary N) is 1. The van der Waals surface area contributed by atoms with Gasteiger partial charge < -0.3 is 10.6 Å². The molecule has 2 fully saturated rings. The average molecular weight is 356 g/mol. The zero-order valence-electron chi connectivity index (χ0n) is 14.4. The summed E-state index contributed by atoms with van der Waals surface area (Å²) in [6.07, 6.45) is 0.264. The van der Waals surface area contributed by atoms with Crippen molar-refractivity contribution in [1.82, 2.24) is 10.2 Å². The molecule has 3 heterocycles. The lowest BCUT2D eigenvalue weighted by Crippen LogP contribution is -2.54. The van der Waals surface area contributed by atoms with Gasteiger partial charge in [0.15, 0.2) is 0 Å². The molecule has 136 valence electrons. The molecule has 0 spiro atoms. The lowest BCUT2D eigenvalue weighted by Gasteiger charge is -2.27. The zero-order chi connectivity index (χ0) is 18.6. The van der Waals surface area contributed by atoms with Crippen LogP contribution in [0.25, 0.3) is 0 Å². The number of amides is 4. The highest BCUT2D eigenvalue weighted by Gasteiger charge is 2.44. The number of rotatable bonds is 2. The van der Waals surface area contributed by atoms with Gasteiger partial charge in [0.1, 0.15) is 6.04 Å². The van der Waals surface area contributed by atoms with Crippen molar-refractivity contribution in [2.24, 2.45) is 11.7 Å². The van der Waals surface area contributed by atoms with Crippen LogP contribution in [0.3, 0.4) is 0 Å². The molecule has 8 nitrogen and oxygen atoms in total. The predicted octanol–water partition coefficient (Wildman–Crippen LogP) is -0.129. The molecular weight excluding hydrogens is 336 g/mol. The number of imide groups is 2. The lowest BCUT2D eigenvalue weighted by atomic mass is 10.0. The summed E-state index contributed by atoms with van der Waals surface area (Å²) in [7, 11) is 0. The summed E-state index contributed by atoms with van der Waals surface area (Å²) in [5.74, 6) is -1.61. The van der Waals surface area contributed by atoms with Crippen molar-refractivity contribution >= 4 is 29.3 Å². The number of piperidine rings is 1. The molecule has 0 aromatic heterocycles. The van der Waals surface area contributed by atoms with E-state index in [1.54, 1.807) is 12.1 Å². The Morgan fingerprint density at radius 2 is 1.81 bits per heavy atom. The Kier molecular flexibility index (Phi) is 3.80. The summed E-state index contributed by atoms with van der Waals surface area (Å²) in [5, 5.41) is 2.19. The lowest BCUT2D eigenvalue weighted by molar-refractivity contribution is -0.136. The fraction of sp³-hybridized carbons (Fsp3) is 0.444. The van der Waals surface area contributed by atoms with Crippen LogP contribution in [0.2, 0.25) is 0 Å². The van der Waals surface area contributed by atoms with Gasteiger partial charge >= 0.3 is 0 Å². The molecule has 4 amide bonds. The van der Waals surface area contributed by atoms with Crippen LogP contribution in [-0.4, -0.2) is 53.7 Å². The fourth-order valence-corrected chi connectivity index (χ4v) is 3.86. The minimum absolute atomic E-state index is 0.0700. The highest BCUT2D eigenvalue weighted by molar-refractivity contribution is 6.23. The highest BCUT2D eigenvalue weighted by Crippen LogP contribution is 2.32. The van der Waals surface area contributed by atoms with E-state index in [0.29, 0.717) is 23.6 Å². The standard InChI is InChI=1S/C18H20N4O4/c1-9-7-21(8-13(9)19)10-2-3-11-12(6-10)18(26)22(17(11)25)14-4-5-15(23)20-16(14)24/h2-3,6,9,13-14H,4-5,7-8,19H2,1H3,(H,20,23,24). The molecule has 3 atom stereocenters. The first-order valence-electron chi connectivity index (χ1n) is 8.73. The maximum atomic E-state index is 12.8. The Labute approximate surface area is 150 Å². The number of hydrogen-bond acceptors (Lipinski definition) is 6. The summed E-state index contributed by atoms with van der Waals surface area (Å²) in [4.78, 5) is 52.0. The normalized spacial score (nSPS) is 28.6. The number of fused-ring (bicyclic) bond motifs is 1. The Hall–Kier alpha value is -2.74. The Morgan fingerprint density at radius 1 is 1.08 bits per heavy atom. The molecule has 3 N–H and O–H groups in total. The van der Waals surface area contributed by atoms with E-state index in [9.17, 15) is 19.2 Å². The van der Waals surface area contributed by atoms with Crippen molar-refractivity contribution in [3.8, 4) is 0 Å². The van der Waals surface area contributed by atoms with Crippen LogP contribution < -0.4 is 16.0 Å². The molecular formula is C18H20N4O4. The second kappa shape index (κ2) is 5.91. The zero-order valence-corrected chi connectivity index (χ0v) is 14.4. The number of carbonyl (C=O) groups is 4. The summed E-state index contributed by atoms with van der Waals surface area (Å²) >= 11 is 0. The molecule has 26 heavy (non-hydrogen) atoms. The summed E-state index contributed by atoms with van der Waals surface area (Å²) in [6, 6.07) is 4.27. The van der Waals surface area contributed by atoms with Crippen molar-refractivity contribution < 1.29 is 19.2 Å². The van der Waals surface area contributed by atoms with Crippen LogP contribution in [0.4, 0.5) is 5.69 Å². The first kappa shape index (κ1) is 16.7. The van der Waals surface area contributed by atoms with Crippen LogP contribution in [0.1, 0.15) is 40.5 Å². The second-order valence-electron chi connectivity index (χ2n) is 7.22. The van der Waals surface area contributed by atoms with Gasteiger partial charge in [0, 0.05) is 31.2 Å². The molecule has 2 saturated heterocycles. The van der Waals surface area contributed by atoms with Gasteiger partial charge in [-0.2, -0.15) is 0 Å². The number of nitrogens with zero attached hydrogens (tertiary/aromatic N) is 2. The highest BCUT2D eigenvalue weighted by atomic mass is 16.2. The second-order valence-corrected chi connectivity index (χ2v) is 7.22.